The molecule has 3 rings (SSSR count). The second-order valence-electron chi connectivity index (χ2n) is 4.75. The van der Waals surface area contributed by atoms with Crippen LogP contribution < -0.4 is 4.90 Å². The van der Waals surface area contributed by atoms with Crippen molar-refractivity contribution in [3.63, 3.8) is 0 Å². The molecule has 1 aromatic carbocycles. The van der Waals surface area contributed by atoms with E-state index in [1.165, 1.54) is 12.8 Å². The molecule has 0 bridgehead atoms. The van der Waals surface area contributed by atoms with E-state index in [9.17, 15) is 0 Å². The van der Waals surface area contributed by atoms with Crippen LogP contribution in [0, 0.1) is 6.92 Å². The van der Waals surface area contributed by atoms with Crippen molar-refractivity contribution in [2.24, 2.45) is 0 Å². The Kier molecular flexibility index (Phi) is 2.97. The third kappa shape index (κ3) is 2.21. The van der Waals surface area contributed by atoms with Gasteiger partial charge < -0.3 is 4.90 Å². The average Bonchev–Trinajstić information content (AvgIpc) is 2.93. The van der Waals surface area contributed by atoms with Crippen LogP contribution >= 0.6 is 0 Å². The van der Waals surface area contributed by atoms with Gasteiger partial charge in [0.1, 0.15) is 5.82 Å². The Morgan fingerprint density at radius 1 is 1.00 bits per heavy atom. The molecule has 1 saturated heterocycles. The molecule has 0 saturated carbocycles. The summed E-state index contributed by atoms with van der Waals surface area (Å²) < 4.78 is 0. The zero-order valence-electron chi connectivity index (χ0n) is 10.6. The van der Waals surface area contributed by atoms with E-state index in [1.54, 1.807) is 0 Å². The summed E-state index contributed by atoms with van der Waals surface area (Å²) in [5.74, 6) is 1.90. The van der Waals surface area contributed by atoms with E-state index >= 15 is 0 Å². The van der Waals surface area contributed by atoms with E-state index in [2.05, 4.69) is 28.1 Å². The zero-order chi connectivity index (χ0) is 12.4. The first kappa shape index (κ1) is 11.2. The number of anilines is 1. The largest absolute Gasteiger partial charge is 0.356 e. The van der Waals surface area contributed by atoms with Gasteiger partial charge in [0.15, 0.2) is 5.82 Å². The number of hydrogen-bond donors (Lipinski definition) is 0. The van der Waals surface area contributed by atoms with Gasteiger partial charge in [-0.3, -0.25) is 0 Å². The fourth-order valence-electron chi connectivity index (χ4n) is 2.38. The predicted octanol–water partition coefficient (Wildman–Crippen LogP) is 3.05. The minimum atomic E-state index is 0.831. The van der Waals surface area contributed by atoms with Crippen molar-refractivity contribution in [3.05, 3.63) is 42.1 Å². The first-order valence-corrected chi connectivity index (χ1v) is 6.49. The molecule has 0 N–H and O–H groups in total. The van der Waals surface area contributed by atoms with Gasteiger partial charge >= 0.3 is 0 Å². The molecule has 3 heteroatoms. The number of nitrogens with zero attached hydrogens (tertiary/aromatic N) is 3. The molecule has 2 heterocycles. The summed E-state index contributed by atoms with van der Waals surface area (Å²) >= 11 is 0. The van der Waals surface area contributed by atoms with Crippen LogP contribution in [0.5, 0.6) is 0 Å². The topological polar surface area (TPSA) is 29.0 Å². The van der Waals surface area contributed by atoms with E-state index in [0.717, 1.165) is 36.0 Å². The number of aryl methyl sites for hydroxylation is 1. The number of hydrogen-bond acceptors (Lipinski definition) is 3. The van der Waals surface area contributed by atoms with E-state index in [4.69, 9.17) is 4.98 Å². The minimum Gasteiger partial charge on any atom is -0.356 e. The second-order valence-corrected chi connectivity index (χ2v) is 4.75. The average molecular weight is 239 g/mol. The van der Waals surface area contributed by atoms with E-state index < -0.39 is 0 Å². The molecule has 3 nitrogen and oxygen atoms in total. The van der Waals surface area contributed by atoms with E-state index in [1.807, 2.05) is 25.1 Å². The lowest BCUT2D eigenvalue weighted by Gasteiger charge is -2.17. The molecule has 0 amide bonds. The summed E-state index contributed by atoms with van der Waals surface area (Å²) in [5, 5.41) is 0. The Morgan fingerprint density at radius 3 is 2.44 bits per heavy atom. The first-order valence-electron chi connectivity index (χ1n) is 6.49. The molecule has 1 aromatic heterocycles. The van der Waals surface area contributed by atoms with Gasteiger partial charge in [-0.2, -0.15) is 0 Å². The normalized spacial score (nSPS) is 15.1. The Labute approximate surface area is 108 Å². The summed E-state index contributed by atoms with van der Waals surface area (Å²) in [6, 6.07) is 12.3. The molecule has 0 unspecified atom stereocenters. The van der Waals surface area contributed by atoms with Crippen LogP contribution in [-0.2, 0) is 0 Å². The predicted molar refractivity (Wildman–Crippen MR) is 73.7 cm³/mol. The molecule has 0 spiro atoms. The summed E-state index contributed by atoms with van der Waals surface area (Å²) in [5.41, 5.74) is 2.12. The Morgan fingerprint density at radius 2 is 1.72 bits per heavy atom. The molecule has 1 aliphatic rings. The van der Waals surface area contributed by atoms with Gasteiger partial charge in [0, 0.05) is 30.4 Å². The highest BCUT2D eigenvalue weighted by Crippen LogP contribution is 2.22. The van der Waals surface area contributed by atoms with Crippen molar-refractivity contribution in [2.45, 2.75) is 19.8 Å². The molecule has 1 fully saturated rings. The maximum Gasteiger partial charge on any atom is 0.161 e. The summed E-state index contributed by atoms with van der Waals surface area (Å²) in [4.78, 5) is 11.6. The van der Waals surface area contributed by atoms with Crippen LogP contribution in [0.1, 0.15) is 18.5 Å². The summed E-state index contributed by atoms with van der Waals surface area (Å²) in [7, 11) is 0. The summed E-state index contributed by atoms with van der Waals surface area (Å²) in [6.07, 6.45) is 2.54. The third-order valence-corrected chi connectivity index (χ3v) is 3.30. The number of rotatable bonds is 2. The van der Waals surface area contributed by atoms with Crippen molar-refractivity contribution in [3.8, 4) is 11.4 Å². The quantitative estimate of drug-likeness (QED) is 0.806. The maximum atomic E-state index is 4.70. The zero-order valence-corrected chi connectivity index (χ0v) is 10.6. The molecule has 0 aliphatic carbocycles. The standard InChI is InChI=1S/C15H17N3/c1-12-11-14(18-9-5-6-10-18)17-15(16-12)13-7-3-2-4-8-13/h2-4,7-8,11H,5-6,9-10H2,1H3. The van der Waals surface area contributed by atoms with Gasteiger partial charge in [0.05, 0.1) is 0 Å². The Bertz CT molecular complexity index is 531. The number of benzene rings is 1. The summed E-state index contributed by atoms with van der Waals surface area (Å²) in [6.45, 7) is 4.27. The lowest BCUT2D eigenvalue weighted by Crippen LogP contribution is -2.19. The fraction of sp³-hybridized carbons (Fsp3) is 0.333. The van der Waals surface area contributed by atoms with Crippen LogP contribution in [0.4, 0.5) is 5.82 Å². The molecular formula is C15H17N3. The first-order chi connectivity index (χ1) is 8.83. The highest BCUT2D eigenvalue weighted by molar-refractivity contribution is 5.57. The highest BCUT2D eigenvalue weighted by atomic mass is 15.2. The lowest BCUT2D eigenvalue weighted by molar-refractivity contribution is 0.923. The van der Waals surface area contributed by atoms with Crippen molar-refractivity contribution in [1.82, 2.24) is 9.97 Å². The van der Waals surface area contributed by atoms with Crippen LogP contribution in [-0.4, -0.2) is 23.1 Å². The van der Waals surface area contributed by atoms with Gasteiger partial charge in [-0.15, -0.1) is 0 Å². The van der Waals surface area contributed by atoms with Crippen LogP contribution in [0.2, 0.25) is 0 Å². The smallest absolute Gasteiger partial charge is 0.161 e. The highest BCUT2D eigenvalue weighted by Gasteiger charge is 2.15. The number of aromatic nitrogens is 2. The molecule has 2 aromatic rings. The van der Waals surface area contributed by atoms with Crippen molar-refractivity contribution in [1.29, 1.82) is 0 Å². The Hall–Kier alpha value is -1.90. The van der Waals surface area contributed by atoms with Gasteiger partial charge in [-0.1, -0.05) is 30.3 Å². The Balaban J connectivity index is 2.00. The monoisotopic (exact) mass is 239 g/mol. The van der Waals surface area contributed by atoms with Crippen LogP contribution in [0.25, 0.3) is 11.4 Å². The molecule has 0 radical (unpaired) electrons. The fourth-order valence-corrected chi connectivity index (χ4v) is 2.38. The molecule has 1 aliphatic heterocycles. The lowest BCUT2D eigenvalue weighted by atomic mass is 10.2. The van der Waals surface area contributed by atoms with Crippen LogP contribution in [0.3, 0.4) is 0 Å². The third-order valence-electron chi connectivity index (χ3n) is 3.30. The molecule has 18 heavy (non-hydrogen) atoms. The van der Waals surface area contributed by atoms with Crippen LogP contribution in [0.15, 0.2) is 36.4 Å². The maximum absolute atomic E-state index is 4.70. The van der Waals surface area contributed by atoms with Gasteiger partial charge in [-0.25, -0.2) is 9.97 Å². The SMILES string of the molecule is Cc1cc(N2CCCC2)nc(-c2ccccc2)n1. The van der Waals surface area contributed by atoms with Gasteiger partial charge in [-0.05, 0) is 19.8 Å². The van der Waals surface area contributed by atoms with E-state index in [-0.39, 0.29) is 0 Å². The van der Waals surface area contributed by atoms with Gasteiger partial charge in [0.2, 0.25) is 0 Å². The molecular weight excluding hydrogens is 222 g/mol. The minimum absolute atomic E-state index is 0.831. The van der Waals surface area contributed by atoms with Crippen molar-refractivity contribution < 1.29 is 0 Å². The second kappa shape index (κ2) is 4.77. The van der Waals surface area contributed by atoms with Gasteiger partial charge in [0.25, 0.3) is 0 Å². The molecule has 92 valence electrons. The van der Waals surface area contributed by atoms with Crippen molar-refractivity contribution in [2.75, 3.05) is 18.0 Å². The van der Waals surface area contributed by atoms with E-state index in [0.29, 0.717) is 0 Å². The van der Waals surface area contributed by atoms with Crippen molar-refractivity contribution >= 4 is 5.82 Å². The molecule has 0 atom stereocenters.